The smallest absolute Gasteiger partial charge is 0.220 e. The summed E-state index contributed by atoms with van der Waals surface area (Å²) in [5.74, 6) is 0.410. The van der Waals surface area contributed by atoms with Gasteiger partial charge in [0, 0.05) is 12.5 Å². The topological polar surface area (TPSA) is 55.1 Å². The zero-order valence-corrected chi connectivity index (χ0v) is 8.97. The first kappa shape index (κ1) is 12.4. The fraction of sp³-hybridized carbons (Fsp3) is 0.900. The largest absolute Gasteiger partial charge is 0.354 e. The van der Waals surface area contributed by atoms with E-state index in [1.165, 1.54) is 0 Å². The maximum absolute atomic E-state index is 11.3. The normalized spacial score (nSPS) is 15.1. The zero-order chi connectivity index (χ0) is 10.3. The molecular weight excluding hydrogens is 164 g/mol. The van der Waals surface area contributed by atoms with E-state index in [0.717, 1.165) is 12.8 Å². The molecule has 0 aromatic heterocycles. The molecule has 2 unspecified atom stereocenters. The second-order valence-corrected chi connectivity index (χ2v) is 3.80. The van der Waals surface area contributed by atoms with Gasteiger partial charge in [-0.1, -0.05) is 20.3 Å². The highest BCUT2D eigenvalue weighted by molar-refractivity contribution is 5.76. The third kappa shape index (κ3) is 6.58. The van der Waals surface area contributed by atoms with Gasteiger partial charge in [-0.25, -0.2) is 0 Å². The molecule has 0 fully saturated rings. The van der Waals surface area contributed by atoms with Crippen molar-refractivity contribution in [3.8, 4) is 0 Å². The summed E-state index contributed by atoms with van der Waals surface area (Å²) in [6.07, 6.45) is 2.70. The second-order valence-electron chi connectivity index (χ2n) is 3.80. The van der Waals surface area contributed by atoms with Gasteiger partial charge in [0.2, 0.25) is 5.91 Å². The van der Waals surface area contributed by atoms with E-state index in [9.17, 15) is 4.79 Å². The molecule has 0 heterocycles. The highest BCUT2D eigenvalue weighted by Gasteiger charge is 2.09. The molecule has 0 spiro atoms. The van der Waals surface area contributed by atoms with Crippen LogP contribution in [-0.2, 0) is 4.79 Å². The molecule has 0 rings (SSSR count). The zero-order valence-electron chi connectivity index (χ0n) is 8.97. The molecule has 0 aliphatic carbocycles. The molecule has 3 nitrogen and oxygen atoms in total. The molecule has 0 aromatic rings. The number of amides is 1. The summed E-state index contributed by atoms with van der Waals surface area (Å²) in [5, 5.41) is 2.95. The van der Waals surface area contributed by atoms with E-state index in [1.54, 1.807) is 0 Å². The van der Waals surface area contributed by atoms with Crippen molar-refractivity contribution < 1.29 is 4.79 Å². The van der Waals surface area contributed by atoms with Crippen LogP contribution in [0.5, 0.6) is 0 Å². The first-order chi connectivity index (χ1) is 6.10. The summed E-state index contributed by atoms with van der Waals surface area (Å²) >= 11 is 0. The van der Waals surface area contributed by atoms with Gasteiger partial charge >= 0.3 is 0 Å². The lowest BCUT2D eigenvalue weighted by Crippen LogP contribution is -2.34. The Morgan fingerprint density at radius 3 is 2.54 bits per heavy atom. The van der Waals surface area contributed by atoms with E-state index in [1.807, 2.05) is 13.8 Å². The van der Waals surface area contributed by atoms with Gasteiger partial charge in [-0.3, -0.25) is 4.79 Å². The van der Waals surface area contributed by atoms with E-state index >= 15 is 0 Å². The summed E-state index contributed by atoms with van der Waals surface area (Å²) in [4.78, 5) is 11.3. The standard InChI is InChI=1S/C10H22N2O/c1-4-5-9(3)12-10(13)6-8(2)7-11/h8-9H,4-7,11H2,1-3H3,(H,12,13). The number of hydrogen-bond donors (Lipinski definition) is 2. The van der Waals surface area contributed by atoms with Crippen LogP contribution in [0.25, 0.3) is 0 Å². The number of carbonyl (C=O) groups excluding carboxylic acids is 1. The van der Waals surface area contributed by atoms with Gasteiger partial charge in [-0.15, -0.1) is 0 Å². The molecule has 0 bridgehead atoms. The second kappa shape index (κ2) is 6.89. The summed E-state index contributed by atoms with van der Waals surface area (Å²) < 4.78 is 0. The Morgan fingerprint density at radius 2 is 2.08 bits per heavy atom. The van der Waals surface area contributed by atoms with Gasteiger partial charge < -0.3 is 11.1 Å². The lowest BCUT2D eigenvalue weighted by Gasteiger charge is -2.14. The molecule has 0 aromatic carbocycles. The summed E-state index contributed by atoms with van der Waals surface area (Å²) in [5.41, 5.74) is 5.43. The van der Waals surface area contributed by atoms with Crippen molar-refractivity contribution >= 4 is 5.91 Å². The van der Waals surface area contributed by atoms with Gasteiger partial charge in [-0.2, -0.15) is 0 Å². The SMILES string of the molecule is CCCC(C)NC(=O)CC(C)CN. The third-order valence-electron chi connectivity index (χ3n) is 2.07. The first-order valence-corrected chi connectivity index (χ1v) is 5.09. The molecular formula is C10H22N2O. The summed E-state index contributed by atoms with van der Waals surface area (Å²) in [6.45, 7) is 6.72. The number of carbonyl (C=O) groups is 1. The van der Waals surface area contributed by atoms with Gasteiger partial charge in [0.15, 0.2) is 0 Å². The molecule has 3 heteroatoms. The van der Waals surface area contributed by atoms with Crippen molar-refractivity contribution in [3.63, 3.8) is 0 Å². The quantitative estimate of drug-likeness (QED) is 0.656. The van der Waals surface area contributed by atoms with Crippen LogP contribution in [0.15, 0.2) is 0 Å². The number of hydrogen-bond acceptors (Lipinski definition) is 2. The van der Waals surface area contributed by atoms with Crippen LogP contribution in [0.2, 0.25) is 0 Å². The molecule has 3 N–H and O–H groups in total. The molecule has 78 valence electrons. The third-order valence-corrected chi connectivity index (χ3v) is 2.07. The van der Waals surface area contributed by atoms with Crippen LogP contribution in [-0.4, -0.2) is 18.5 Å². The average Bonchev–Trinajstić information content (AvgIpc) is 2.04. The lowest BCUT2D eigenvalue weighted by molar-refractivity contribution is -0.122. The minimum absolute atomic E-state index is 0.124. The fourth-order valence-electron chi connectivity index (χ4n) is 1.24. The Hall–Kier alpha value is -0.570. The predicted octanol–water partition coefficient (Wildman–Crippen LogP) is 1.28. The summed E-state index contributed by atoms with van der Waals surface area (Å²) in [6, 6.07) is 0.294. The predicted molar refractivity (Wildman–Crippen MR) is 55.3 cm³/mol. The Kier molecular flexibility index (Phi) is 6.59. The van der Waals surface area contributed by atoms with E-state index in [-0.39, 0.29) is 11.8 Å². The van der Waals surface area contributed by atoms with Crippen molar-refractivity contribution in [2.24, 2.45) is 11.7 Å². The Balaban J connectivity index is 3.61. The minimum atomic E-state index is 0.124. The van der Waals surface area contributed by atoms with Gasteiger partial charge in [0.05, 0.1) is 0 Å². The van der Waals surface area contributed by atoms with Crippen LogP contribution < -0.4 is 11.1 Å². The number of nitrogens with two attached hydrogens (primary N) is 1. The van der Waals surface area contributed by atoms with Crippen molar-refractivity contribution in [1.82, 2.24) is 5.32 Å². The van der Waals surface area contributed by atoms with E-state index < -0.39 is 0 Å². The molecule has 2 atom stereocenters. The van der Waals surface area contributed by atoms with Crippen LogP contribution in [0.4, 0.5) is 0 Å². The van der Waals surface area contributed by atoms with Gasteiger partial charge in [0.25, 0.3) is 0 Å². The average molecular weight is 186 g/mol. The Labute approximate surface area is 81.1 Å². The minimum Gasteiger partial charge on any atom is -0.354 e. The van der Waals surface area contributed by atoms with Crippen molar-refractivity contribution in [1.29, 1.82) is 0 Å². The Bertz CT molecular complexity index is 148. The molecule has 13 heavy (non-hydrogen) atoms. The maximum atomic E-state index is 11.3. The van der Waals surface area contributed by atoms with E-state index in [2.05, 4.69) is 12.2 Å². The van der Waals surface area contributed by atoms with Crippen LogP contribution >= 0.6 is 0 Å². The van der Waals surface area contributed by atoms with Gasteiger partial charge in [0.1, 0.15) is 0 Å². The number of nitrogens with one attached hydrogen (secondary N) is 1. The highest BCUT2D eigenvalue weighted by atomic mass is 16.1. The molecule has 0 aliphatic heterocycles. The maximum Gasteiger partial charge on any atom is 0.220 e. The van der Waals surface area contributed by atoms with Crippen molar-refractivity contribution in [2.75, 3.05) is 6.54 Å². The van der Waals surface area contributed by atoms with E-state index in [4.69, 9.17) is 5.73 Å². The highest BCUT2D eigenvalue weighted by Crippen LogP contribution is 2.00. The van der Waals surface area contributed by atoms with Crippen LogP contribution in [0.1, 0.15) is 40.0 Å². The Morgan fingerprint density at radius 1 is 1.46 bits per heavy atom. The van der Waals surface area contributed by atoms with Crippen molar-refractivity contribution in [2.45, 2.75) is 46.1 Å². The monoisotopic (exact) mass is 186 g/mol. The molecule has 1 amide bonds. The van der Waals surface area contributed by atoms with Crippen LogP contribution in [0.3, 0.4) is 0 Å². The van der Waals surface area contributed by atoms with Gasteiger partial charge in [-0.05, 0) is 25.8 Å². The molecule has 0 radical (unpaired) electrons. The fourth-order valence-corrected chi connectivity index (χ4v) is 1.24. The van der Waals surface area contributed by atoms with E-state index in [0.29, 0.717) is 19.0 Å². The van der Waals surface area contributed by atoms with Crippen LogP contribution in [0, 0.1) is 5.92 Å². The number of rotatable bonds is 6. The molecule has 0 aliphatic rings. The molecule has 0 saturated heterocycles. The first-order valence-electron chi connectivity index (χ1n) is 5.09. The summed E-state index contributed by atoms with van der Waals surface area (Å²) in [7, 11) is 0. The lowest BCUT2D eigenvalue weighted by atomic mass is 10.1. The molecule has 0 saturated carbocycles. The van der Waals surface area contributed by atoms with Crippen molar-refractivity contribution in [3.05, 3.63) is 0 Å².